The minimum atomic E-state index is -0.938. The zero-order chi connectivity index (χ0) is 17.7. The molecule has 1 aliphatic heterocycles. The van der Waals surface area contributed by atoms with E-state index in [0.29, 0.717) is 24.0 Å². The summed E-state index contributed by atoms with van der Waals surface area (Å²) >= 11 is 0. The number of rotatable bonds is 6. The highest BCUT2D eigenvalue weighted by Gasteiger charge is 2.23. The van der Waals surface area contributed by atoms with Crippen molar-refractivity contribution in [2.24, 2.45) is 10.9 Å². The summed E-state index contributed by atoms with van der Waals surface area (Å²) in [4.78, 5) is 28.1. The minimum Gasteiger partial charge on any atom is -0.475 e. The van der Waals surface area contributed by atoms with E-state index < -0.39 is 18.0 Å². The Kier molecular flexibility index (Phi) is 5.95. The van der Waals surface area contributed by atoms with Crippen LogP contribution < -0.4 is 0 Å². The minimum absolute atomic E-state index is 0.162. The number of ether oxygens (including phenoxy) is 3. The highest BCUT2D eigenvalue weighted by molar-refractivity contribution is 5.97. The second-order valence-corrected chi connectivity index (χ2v) is 5.93. The van der Waals surface area contributed by atoms with Gasteiger partial charge < -0.3 is 14.2 Å². The lowest BCUT2D eigenvalue weighted by atomic mass is 10.1. The first-order valence-corrected chi connectivity index (χ1v) is 8.11. The zero-order valence-corrected chi connectivity index (χ0v) is 14.4. The lowest BCUT2D eigenvalue weighted by molar-refractivity contribution is -0.152. The van der Waals surface area contributed by atoms with Crippen LogP contribution in [-0.2, 0) is 19.0 Å². The molecular formula is C18H23NO5. The first-order valence-electron chi connectivity index (χ1n) is 8.11. The monoisotopic (exact) mass is 333 g/mol. The fraction of sp³-hybridized carbons (Fsp3) is 0.500. The van der Waals surface area contributed by atoms with Gasteiger partial charge in [0.1, 0.15) is 6.61 Å². The third-order valence-electron chi connectivity index (χ3n) is 3.71. The quantitative estimate of drug-likeness (QED) is 0.748. The van der Waals surface area contributed by atoms with Gasteiger partial charge in [-0.1, -0.05) is 13.8 Å². The fourth-order valence-electron chi connectivity index (χ4n) is 2.17. The molecule has 6 nitrogen and oxygen atoms in total. The summed E-state index contributed by atoms with van der Waals surface area (Å²) in [5, 5.41) is 0. The second-order valence-electron chi connectivity index (χ2n) is 5.93. The Labute approximate surface area is 141 Å². The molecular weight excluding hydrogens is 310 g/mol. The van der Waals surface area contributed by atoms with Gasteiger partial charge in [-0.25, -0.2) is 14.6 Å². The van der Waals surface area contributed by atoms with Crippen LogP contribution in [0.3, 0.4) is 0 Å². The molecule has 24 heavy (non-hydrogen) atoms. The molecule has 0 fully saturated rings. The topological polar surface area (TPSA) is 74.2 Å². The first-order chi connectivity index (χ1) is 11.4. The van der Waals surface area contributed by atoms with E-state index in [9.17, 15) is 9.59 Å². The van der Waals surface area contributed by atoms with Crippen LogP contribution >= 0.6 is 0 Å². The van der Waals surface area contributed by atoms with Gasteiger partial charge in [0, 0.05) is 5.56 Å². The SMILES string of the molecule is CCOC(=O)[C@H](C)OC(=O)c1ccc(C2=NC(C(C)C)CO2)cc1. The first kappa shape index (κ1) is 18.0. The van der Waals surface area contributed by atoms with Gasteiger partial charge in [0.2, 0.25) is 5.90 Å². The van der Waals surface area contributed by atoms with Gasteiger partial charge in [-0.05, 0) is 44.0 Å². The van der Waals surface area contributed by atoms with Crippen molar-refractivity contribution in [1.82, 2.24) is 0 Å². The standard InChI is InChI=1S/C18H23NO5/c1-5-22-17(20)12(4)24-18(21)14-8-6-13(7-9-14)16-19-15(10-23-16)11(2)3/h6-9,11-12,15H,5,10H2,1-4H3/t12-,15?/m0/s1. The van der Waals surface area contributed by atoms with Crippen molar-refractivity contribution < 1.29 is 23.8 Å². The van der Waals surface area contributed by atoms with E-state index in [1.165, 1.54) is 6.92 Å². The molecule has 130 valence electrons. The summed E-state index contributed by atoms with van der Waals surface area (Å²) in [6, 6.07) is 6.93. The van der Waals surface area contributed by atoms with Crippen LogP contribution in [0.5, 0.6) is 0 Å². The van der Waals surface area contributed by atoms with E-state index in [2.05, 4.69) is 18.8 Å². The Hall–Kier alpha value is -2.37. The van der Waals surface area contributed by atoms with E-state index in [4.69, 9.17) is 14.2 Å². The molecule has 0 amide bonds. The summed E-state index contributed by atoms with van der Waals surface area (Å²) < 4.78 is 15.5. The van der Waals surface area contributed by atoms with Crippen LogP contribution in [0.15, 0.2) is 29.3 Å². The summed E-state index contributed by atoms with van der Waals surface area (Å²) in [6.45, 7) is 8.21. The molecule has 1 unspecified atom stereocenters. The molecule has 1 aromatic rings. The number of aliphatic imine (C=N–C) groups is 1. The second kappa shape index (κ2) is 7.95. The van der Waals surface area contributed by atoms with Crippen molar-refractivity contribution >= 4 is 17.8 Å². The number of carbonyl (C=O) groups excluding carboxylic acids is 2. The van der Waals surface area contributed by atoms with Gasteiger partial charge in [0.25, 0.3) is 0 Å². The molecule has 0 saturated carbocycles. The van der Waals surface area contributed by atoms with E-state index in [1.807, 2.05) is 0 Å². The van der Waals surface area contributed by atoms with Crippen molar-refractivity contribution in [1.29, 1.82) is 0 Å². The highest BCUT2D eigenvalue weighted by atomic mass is 16.6. The van der Waals surface area contributed by atoms with Gasteiger partial charge in [0.15, 0.2) is 6.10 Å². The number of hydrogen-bond acceptors (Lipinski definition) is 6. The smallest absolute Gasteiger partial charge is 0.347 e. The van der Waals surface area contributed by atoms with Crippen LogP contribution in [0.2, 0.25) is 0 Å². The molecule has 1 aromatic carbocycles. The molecule has 6 heteroatoms. The molecule has 0 aliphatic carbocycles. The average Bonchev–Trinajstić information content (AvgIpc) is 3.05. The maximum Gasteiger partial charge on any atom is 0.347 e. The Bertz CT molecular complexity index is 621. The van der Waals surface area contributed by atoms with Gasteiger partial charge in [-0.2, -0.15) is 0 Å². The van der Waals surface area contributed by atoms with Gasteiger partial charge in [-0.15, -0.1) is 0 Å². The highest BCUT2D eigenvalue weighted by Crippen LogP contribution is 2.18. The maximum absolute atomic E-state index is 12.0. The molecule has 0 aromatic heterocycles. The molecule has 0 saturated heterocycles. The van der Waals surface area contributed by atoms with Crippen molar-refractivity contribution in [2.75, 3.05) is 13.2 Å². The molecule has 0 N–H and O–H groups in total. The van der Waals surface area contributed by atoms with Gasteiger partial charge in [0.05, 0.1) is 18.2 Å². The van der Waals surface area contributed by atoms with Crippen LogP contribution in [-0.4, -0.2) is 43.2 Å². The van der Waals surface area contributed by atoms with Crippen molar-refractivity contribution in [3.8, 4) is 0 Å². The van der Waals surface area contributed by atoms with Crippen molar-refractivity contribution in [3.63, 3.8) is 0 Å². The maximum atomic E-state index is 12.0. The van der Waals surface area contributed by atoms with Crippen LogP contribution in [0.4, 0.5) is 0 Å². The Morgan fingerprint density at radius 2 is 1.92 bits per heavy atom. The van der Waals surface area contributed by atoms with E-state index in [1.54, 1.807) is 31.2 Å². The molecule has 1 heterocycles. The Morgan fingerprint density at radius 1 is 1.25 bits per heavy atom. The third kappa shape index (κ3) is 4.34. The fourth-order valence-corrected chi connectivity index (χ4v) is 2.17. The number of esters is 2. The van der Waals surface area contributed by atoms with Crippen LogP contribution in [0, 0.1) is 5.92 Å². The number of hydrogen-bond donors (Lipinski definition) is 0. The normalized spacial score (nSPS) is 17.9. The largest absolute Gasteiger partial charge is 0.475 e. The molecule has 0 spiro atoms. The van der Waals surface area contributed by atoms with Crippen LogP contribution in [0.25, 0.3) is 0 Å². The van der Waals surface area contributed by atoms with Crippen LogP contribution in [0.1, 0.15) is 43.6 Å². The Balaban J connectivity index is 2.00. The van der Waals surface area contributed by atoms with E-state index >= 15 is 0 Å². The summed E-state index contributed by atoms with van der Waals surface area (Å²) in [5.74, 6) is -0.123. The summed E-state index contributed by atoms with van der Waals surface area (Å²) in [7, 11) is 0. The lowest BCUT2D eigenvalue weighted by Gasteiger charge is -2.12. The molecule has 1 aliphatic rings. The van der Waals surface area contributed by atoms with E-state index in [0.717, 1.165) is 5.56 Å². The molecule has 0 bridgehead atoms. The summed E-state index contributed by atoms with van der Waals surface area (Å²) in [6.07, 6.45) is -0.938. The zero-order valence-electron chi connectivity index (χ0n) is 14.4. The molecule has 0 radical (unpaired) electrons. The summed E-state index contributed by atoms with van der Waals surface area (Å²) in [5.41, 5.74) is 1.17. The third-order valence-corrected chi connectivity index (χ3v) is 3.71. The molecule has 2 atom stereocenters. The number of benzene rings is 1. The van der Waals surface area contributed by atoms with E-state index in [-0.39, 0.29) is 12.6 Å². The molecule has 2 rings (SSSR count). The predicted octanol–water partition coefficient (Wildman–Crippen LogP) is 2.60. The Morgan fingerprint density at radius 3 is 2.46 bits per heavy atom. The number of nitrogens with zero attached hydrogens (tertiary/aromatic N) is 1. The average molecular weight is 333 g/mol. The van der Waals surface area contributed by atoms with Gasteiger partial charge >= 0.3 is 11.9 Å². The number of carbonyl (C=O) groups is 2. The lowest BCUT2D eigenvalue weighted by Crippen LogP contribution is -2.26. The van der Waals surface area contributed by atoms with Crippen molar-refractivity contribution in [3.05, 3.63) is 35.4 Å². The predicted molar refractivity (Wildman–Crippen MR) is 89.1 cm³/mol. The van der Waals surface area contributed by atoms with Crippen molar-refractivity contribution in [2.45, 2.75) is 39.8 Å². The van der Waals surface area contributed by atoms with Gasteiger partial charge in [-0.3, -0.25) is 0 Å².